The van der Waals surface area contributed by atoms with Crippen molar-refractivity contribution in [2.75, 3.05) is 0 Å². The van der Waals surface area contributed by atoms with E-state index in [1.165, 1.54) is 12.8 Å². The van der Waals surface area contributed by atoms with Crippen LogP contribution >= 0.6 is 0 Å². The van der Waals surface area contributed by atoms with E-state index in [1.54, 1.807) is 0 Å². The maximum Gasteiger partial charge on any atom is 0.320 e. The fourth-order valence-corrected chi connectivity index (χ4v) is 2.52. The van der Waals surface area contributed by atoms with Gasteiger partial charge in [-0.15, -0.1) is 0 Å². The molecule has 0 bridgehead atoms. The van der Waals surface area contributed by atoms with Crippen molar-refractivity contribution in [2.24, 2.45) is 11.8 Å². The Hall–Kier alpha value is -0.570. The van der Waals surface area contributed by atoms with Crippen LogP contribution in [-0.4, -0.2) is 23.2 Å². The number of rotatable bonds is 4. The predicted octanol–water partition coefficient (Wildman–Crippen LogP) is 2.02. The number of carboxylic acids is 1. The molecule has 0 saturated heterocycles. The summed E-state index contributed by atoms with van der Waals surface area (Å²) in [7, 11) is 0. The molecular formula is C12H21NO2. The number of carbonyl (C=O) groups is 1. The van der Waals surface area contributed by atoms with Crippen LogP contribution in [-0.2, 0) is 4.79 Å². The zero-order chi connectivity index (χ0) is 10.8. The van der Waals surface area contributed by atoms with Crippen LogP contribution < -0.4 is 5.32 Å². The van der Waals surface area contributed by atoms with Gasteiger partial charge in [-0.3, -0.25) is 4.79 Å². The smallest absolute Gasteiger partial charge is 0.320 e. The van der Waals surface area contributed by atoms with Crippen LogP contribution in [0.4, 0.5) is 0 Å². The molecule has 0 radical (unpaired) electrons. The third-order valence-corrected chi connectivity index (χ3v) is 3.79. The Bertz CT molecular complexity index is 230. The Morgan fingerprint density at radius 3 is 2.27 bits per heavy atom. The summed E-state index contributed by atoms with van der Waals surface area (Å²) in [6, 6.07) is 0.173. The Balaban J connectivity index is 1.81. The second kappa shape index (κ2) is 4.52. The predicted molar refractivity (Wildman–Crippen MR) is 58.7 cm³/mol. The van der Waals surface area contributed by atoms with Crippen LogP contribution in [0.15, 0.2) is 0 Å². The first kappa shape index (κ1) is 10.9. The molecule has 2 fully saturated rings. The molecule has 0 aliphatic heterocycles. The molecule has 0 aromatic rings. The van der Waals surface area contributed by atoms with Gasteiger partial charge in [0.05, 0.1) is 0 Å². The molecule has 2 N–H and O–H groups in total. The van der Waals surface area contributed by atoms with E-state index in [2.05, 4.69) is 12.2 Å². The van der Waals surface area contributed by atoms with E-state index in [1.807, 2.05) is 0 Å². The highest BCUT2D eigenvalue weighted by molar-refractivity contribution is 5.74. The lowest BCUT2D eigenvalue weighted by Gasteiger charge is -2.29. The third kappa shape index (κ3) is 2.94. The van der Waals surface area contributed by atoms with E-state index in [0.29, 0.717) is 12.0 Å². The van der Waals surface area contributed by atoms with Gasteiger partial charge < -0.3 is 10.4 Å². The van der Waals surface area contributed by atoms with Gasteiger partial charge in [-0.25, -0.2) is 0 Å². The zero-order valence-electron chi connectivity index (χ0n) is 9.41. The minimum atomic E-state index is -0.656. The van der Waals surface area contributed by atoms with Crippen molar-refractivity contribution < 1.29 is 9.90 Å². The van der Waals surface area contributed by atoms with Crippen molar-refractivity contribution in [1.29, 1.82) is 0 Å². The maximum atomic E-state index is 11.1. The SMILES string of the molecule is CC1CCC(NC(C(=O)O)C2CC2)CC1. The van der Waals surface area contributed by atoms with Crippen LogP contribution in [0.25, 0.3) is 0 Å². The lowest BCUT2D eigenvalue weighted by Crippen LogP contribution is -2.46. The van der Waals surface area contributed by atoms with Gasteiger partial charge in [0.25, 0.3) is 0 Å². The van der Waals surface area contributed by atoms with Crippen LogP contribution in [0, 0.1) is 11.8 Å². The maximum absolute atomic E-state index is 11.1. The van der Waals surface area contributed by atoms with Crippen molar-refractivity contribution in [3.63, 3.8) is 0 Å². The standard InChI is InChI=1S/C12H21NO2/c1-8-2-6-10(7-3-8)13-11(12(14)15)9-4-5-9/h8-11,13H,2-7H2,1H3,(H,14,15). The van der Waals surface area contributed by atoms with Gasteiger partial charge in [-0.2, -0.15) is 0 Å². The van der Waals surface area contributed by atoms with E-state index < -0.39 is 5.97 Å². The molecule has 2 aliphatic carbocycles. The minimum absolute atomic E-state index is 0.275. The summed E-state index contributed by atoms with van der Waals surface area (Å²) < 4.78 is 0. The Morgan fingerprint density at radius 1 is 1.20 bits per heavy atom. The average molecular weight is 211 g/mol. The lowest BCUT2D eigenvalue weighted by molar-refractivity contribution is -0.140. The summed E-state index contributed by atoms with van der Waals surface area (Å²) in [5, 5.41) is 12.4. The summed E-state index contributed by atoms with van der Waals surface area (Å²) in [6.45, 7) is 2.28. The van der Waals surface area contributed by atoms with Crippen LogP contribution in [0.3, 0.4) is 0 Å². The molecule has 0 aromatic carbocycles. The Morgan fingerprint density at radius 2 is 1.80 bits per heavy atom. The summed E-state index contributed by atoms with van der Waals surface area (Å²) in [5.41, 5.74) is 0. The molecule has 15 heavy (non-hydrogen) atoms. The minimum Gasteiger partial charge on any atom is -0.480 e. The number of hydrogen-bond acceptors (Lipinski definition) is 2. The molecule has 2 rings (SSSR count). The van der Waals surface area contributed by atoms with E-state index in [-0.39, 0.29) is 6.04 Å². The van der Waals surface area contributed by atoms with E-state index in [4.69, 9.17) is 5.11 Å². The van der Waals surface area contributed by atoms with Gasteiger partial charge in [0.2, 0.25) is 0 Å². The van der Waals surface area contributed by atoms with Crippen molar-refractivity contribution in [2.45, 2.75) is 57.5 Å². The molecule has 0 heterocycles. The highest BCUT2D eigenvalue weighted by Crippen LogP contribution is 2.34. The molecule has 3 heteroatoms. The quantitative estimate of drug-likeness (QED) is 0.748. The molecule has 3 nitrogen and oxygen atoms in total. The van der Waals surface area contributed by atoms with Crippen LogP contribution in [0.5, 0.6) is 0 Å². The van der Waals surface area contributed by atoms with Crippen molar-refractivity contribution in [1.82, 2.24) is 5.32 Å². The topological polar surface area (TPSA) is 49.3 Å². The lowest BCUT2D eigenvalue weighted by atomic mass is 9.87. The average Bonchev–Trinajstić information content (AvgIpc) is 3.00. The molecule has 0 aromatic heterocycles. The first-order chi connectivity index (χ1) is 7.16. The highest BCUT2D eigenvalue weighted by Gasteiger charge is 2.37. The molecule has 0 amide bonds. The summed E-state index contributed by atoms with van der Waals surface area (Å²) in [5.74, 6) is 0.574. The van der Waals surface area contributed by atoms with Crippen molar-refractivity contribution >= 4 is 5.97 Å². The van der Waals surface area contributed by atoms with Crippen LogP contribution in [0.2, 0.25) is 0 Å². The summed E-state index contributed by atoms with van der Waals surface area (Å²) in [4.78, 5) is 11.1. The number of nitrogens with one attached hydrogen (secondary N) is 1. The fourth-order valence-electron chi connectivity index (χ4n) is 2.52. The zero-order valence-corrected chi connectivity index (χ0v) is 9.41. The van der Waals surface area contributed by atoms with E-state index in [9.17, 15) is 4.79 Å². The highest BCUT2D eigenvalue weighted by atomic mass is 16.4. The normalized spacial score (nSPS) is 33.7. The molecule has 1 atom stereocenters. The van der Waals surface area contributed by atoms with Crippen molar-refractivity contribution in [3.05, 3.63) is 0 Å². The first-order valence-corrected chi connectivity index (χ1v) is 6.15. The number of carboxylic acid groups (broad SMARTS) is 1. The summed E-state index contributed by atoms with van der Waals surface area (Å²) >= 11 is 0. The molecular weight excluding hydrogens is 190 g/mol. The molecule has 86 valence electrons. The van der Waals surface area contributed by atoms with E-state index >= 15 is 0 Å². The second-order valence-electron chi connectivity index (χ2n) is 5.28. The van der Waals surface area contributed by atoms with Crippen molar-refractivity contribution in [3.8, 4) is 0 Å². The number of hydrogen-bond donors (Lipinski definition) is 2. The fraction of sp³-hybridized carbons (Fsp3) is 0.917. The van der Waals surface area contributed by atoms with Crippen LogP contribution in [0.1, 0.15) is 45.4 Å². The van der Waals surface area contributed by atoms with Gasteiger partial charge in [0, 0.05) is 6.04 Å². The molecule has 1 unspecified atom stereocenters. The van der Waals surface area contributed by atoms with Gasteiger partial charge in [-0.05, 0) is 50.4 Å². The molecule has 2 aliphatic rings. The second-order valence-corrected chi connectivity index (χ2v) is 5.28. The Labute approximate surface area is 91.2 Å². The van der Waals surface area contributed by atoms with Gasteiger partial charge in [0.15, 0.2) is 0 Å². The third-order valence-electron chi connectivity index (χ3n) is 3.79. The van der Waals surface area contributed by atoms with Gasteiger partial charge >= 0.3 is 5.97 Å². The molecule has 0 spiro atoms. The molecule has 2 saturated carbocycles. The number of aliphatic carboxylic acids is 1. The van der Waals surface area contributed by atoms with Gasteiger partial charge in [-0.1, -0.05) is 6.92 Å². The Kier molecular flexibility index (Phi) is 3.29. The summed E-state index contributed by atoms with van der Waals surface area (Å²) in [6.07, 6.45) is 6.97. The van der Waals surface area contributed by atoms with E-state index in [0.717, 1.165) is 31.6 Å². The van der Waals surface area contributed by atoms with Gasteiger partial charge in [0.1, 0.15) is 6.04 Å². The largest absolute Gasteiger partial charge is 0.480 e. The first-order valence-electron chi connectivity index (χ1n) is 6.15. The monoisotopic (exact) mass is 211 g/mol.